The van der Waals surface area contributed by atoms with Crippen LogP contribution in [-0.2, 0) is 11.3 Å². The van der Waals surface area contributed by atoms with Gasteiger partial charge in [0.15, 0.2) is 0 Å². The maximum absolute atomic E-state index is 13.0. The Labute approximate surface area is 186 Å². The van der Waals surface area contributed by atoms with E-state index in [4.69, 9.17) is 0 Å². The van der Waals surface area contributed by atoms with Gasteiger partial charge in [0.2, 0.25) is 5.91 Å². The van der Waals surface area contributed by atoms with E-state index in [-0.39, 0.29) is 17.8 Å². The molecule has 7 nitrogen and oxygen atoms in total. The summed E-state index contributed by atoms with van der Waals surface area (Å²) in [6.07, 6.45) is 3.72. The summed E-state index contributed by atoms with van der Waals surface area (Å²) in [6.45, 7) is 3.42. The van der Waals surface area contributed by atoms with Crippen LogP contribution in [0.2, 0.25) is 0 Å². The predicted molar refractivity (Wildman–Crippen MR) is 124 cm³/mol. The number of likely N-dealkylation sites (N-methyl/N-ethyl adjacent to an activating group) is 1. The zero-order valence-electron chi connectivity index (χ0n) is 18.1. The molecule has 1 fully saturated rings. The van der Waals surface area contributed by atoms with Gasteiger partial charge in [0, 0.05) is 38.1 Å². The molecule has 0 radical (unpaired) electrons. The summed E-state index contributed by atoms with van der Waals surface area (Å²) >= 11 is 0. The smallest absolute Gasteiger partial charge is 0.249 e. The Morgan fingerprint density at radius 1 is 1.16 bits per heavy atom. The van der Waals surface area contributed by atoms with Crippen LogP contribution >= 0.6 is 0 Å². The normalized spacial score (nSPS) is 17.2. The molecule has 5 rings (SSSR count). The van der Waals surface area contributed by atoms with Crippen molar-refractivity contribution in [3.05, 3.63) is 65.7 Å². The number of rotatable bonds is 5. The molecular weight excluding hydrogens is 407 g/mol. The van der Waals surface area contributed by atoms with Gasteiger partial charge in [-0.15, -0.1) is 0 Å². The number of nitrogens with one attached hydrogen (secondary N) is 2. The Kier molecular flexibility index (Phi) is 5.13. The van der Waals surface area contributed by atoms with Gasteiger partial charge in [-0.1, -0.05) is 6.07 Å². The molecular formula is C24H25FN6O. The number of carbonyl (C=O) groups excluding carboxylic acids is 1. The fourth-order valence-electron chi connectivity index (χ4n) is 4.50. The Morgan fingerprint density at radius 3 is 2.72 bits per heavy atom. The van der Waals surface area contributed by atoms with Gasteiger partial charge in [-0.05, 0) is 55.7 Å². The molecule has 32 heavy (non-hydrogen) atoms. The molecule has 4 heterocycles. The monoisotopic (exact) mass is 432 g/mol. The van der Waals surface area contributed by atoms with E-state index < -0.39 is 0 Å². The standard InChI is InChI=1S/C24H25FN6O/c1-15-23-20(31-11-3-4-19(31)24(32)30(23)2)12-22(28-15)27-14-16-5-10-21(26-13-16)29-18-8-6-17(25)7-9-18/h5-10,12-13,19H,3-4,11,14H2,1-2H3,(H,26,29)(H,27,28)/t19-/m0/s1. The van der Waals surface area contributed by atoms with E-state index in [2.05, 4.69) is 25.5 Å². The van der Waals surface area contributed by atoms with E-state index in [1.165, 1.54) is 12.1 Å². The number of carbonyl (C=O) groups is 1. The van der Waals surface area contributed by atoms with Gasteiger partial charge in [0.05, 0.1) is 17.1 Å². The van der Waals surface area contributed by atoms with Crippen molar-refractivity contribution in [2.45, 2.75) is 32.4 Å². The zero-order valence-corrected chi connectivity index (χ0v) is 18.1. The number of aryl methyl sites for hydroxylation is 1. The molecule has 0 bridgehead atoms. The Balaban J connectivity index is 1.29. The average molecular weight is 433 g/mol. The lowest BCUT2D eigenvalue weighted by atomic mass is 10.1. The number of benzene rings is 1. The summed E-state index contributed by atoms with van der Waals surface area (Å²) in [4.78, 5) is 25.8. The summed E-state index contributed by atoms with van der Waals surface area (Å²) in [5.74, 6) is 1.36. The number of hydrogen-bond acceptors (Lipinski definition) is 6. The largest absolute Gasteiger partial charge is 0.366 e. The van der Waals surface area contributed by atoms with Crippen molar-refractivity contribution in [1.82, 2.24) is 9.97 Å². The van der Waals surface area contributed by atoms with Crippen molar-refractivity contribution in [3.63, 3.8) is 0 Å². The van der Waals surface area contributed by atoms with Crippen LogP contribution in [0, 0.1) is 12.7 Å². The number of hydrogen-bond donors (Lipinski definition) is 2. The molecule has 2 aliphatic rings. The minimum Gasteiger partial charge on any atom is -0.366 e. The van der Waals surface area contributed by atoms with Crippen LogP contribution < -0.4 is 20.4 Å². The van der Waals surface area contributed by atoms with Crippen LogP contribution in [0.1, 0.15) is 24.1 Å². The van der Waals surface area contributed by atoms with E-state index in [0.29, 0.717) is 12.4 Å². The molecule has 1 saturated heterocycles. The van der Waals surface area contributed by atoms with Crippen LogP contribution in [0.4, 0.5) is 33.1 Å². The third kappa shape index (κ3) is 3.72. The fourth-order valence-corrected chi connectivity index (χ4v) is 4.50. The first-order valence-electron chi connectivity index (χ1n) is 10.8. The third-order valence-corrected chi connectivity index (χ3v) is 6.08. The van der Waals surface area contributed by atoms with Crippen LogP contribution in [-0.4, -0.2) is 35.5 Å². The first kappa shape index (κ1) is 20.2. The Hall–Kier alpha value is -3.68. The Bertz CT molecular complexity index is 1150. The molecule has 1 amide bonds. The first-order chi connectivity index (χ1) is 15.5. The van der Waals surface area contributed by atoms with Gasteiger partial charge in [-0.25, -0.2) is 14.4 Å². The molecule has 164 valence electrons. The molecule has 1 atom stereocenters. The summed E-state index contributed by atoms with van der Waals surface area (Å²) in [5, 5.41) is 6.54. The van der Waals surface area contributed by atoms with Crippen LogP contribution in [0.15, 0.2) is 48.7 Å². The molecule has 3 aromatic rings. The van der Waals surface area contributed by atoms with Crippen molar-refractivity contribution < 1.29 is 9.18 Å². The highest BCUT2D eigenvalue weighted by Gasteiger charge is 2.40. The molecule has 0 spiro atoms. The van der Waals surface area contributed by atoms with Gasteiger partial charge in [0.25, 0.3) is 0 Å². The van der Waals surface area contributed by atoms with Crippen LogP contribution in [0.25, 0.3) is 0 Å². The van der Waals surface area contributed by atoms with Crippen molar-refractivity contribution in [2.24, 2.45) is 0 Å². The van der Waals surface area contributed by atoms with E-state index in [1.807, 2.05) is 32.2 Å². The summed E-state index contributed by atoms with van der Waals surface area (Å²) in [5.41, 5.74) is 4.60. The average Bonchev–Trinajstić information content (AvgIpc) is 3.29. The van der Waals surface area contributed by atoms with Gasteiger partial charge in [-0.2, -0.15) is 0 Å². The van der Waals surface area contributed by atoms with Gasteiger partial charge >= 0.3 is 0 Å². The van der Waals surface area contributed by atoms with Crippen LogP contribution in [0.3, 0.4) is 0 Å². The number of pyridine rings is 2. The van der Waals surface area contributed by atoms with Crippen molar-refractivity contribution in [2.75, 3.05) is 34.0 Å². The minimum absolute atomic E-state index is 0.0625. The lowest BCUT2D eigenvalue weighted by Crippen LogP contribution is -2.49. The molecule has 2 aliphatic heterocycles. The van der Waals surface area contributed by atoms with Crippen molar-refractivity contribution in [3.8, 4) is 0 Å². The first-order valence-corrected chi connectivity index (χ1v) is 10.8. The maximum atomic E-state index is 13.0. The second-order valence-electron chi connectivity index (χ2n) is 8.25. The van der Waals surface area contributed by atoms with E-state index in [1.54, 1.807) is 23.2 Å². The summed E-state index contributed by atoms with van der Waals surface area (Å²) in [7, 11) is 1.84. The molecule has 8 heteroatoms. The molecule has 1 aromatic carbocycles. The van der Waals surface area contributed by atoms with Gasteiger partial charge < -0.3 is 20.4 Å². The number of amides is 1. The van der Waals surface area contributed by atoms with E-state index in [9.17, 15) is 9.18 Å². The SMILES string of the molecule is Cc1nc(NCc2ccc(Nc3ccc(F)cc3)nc2)cc2c1N(C)C(=O)[C@@H]1CCCN21. The van der Waals surface area contributed by atoms with E-state index >= 15 is 0 Å². The van der Waals surface area contributed by atoms with Gasteiger partial charge in [0.1, 0.15) is 23.5 Å². The minimum atomic E-state index is -0.269. The van der Waals surface area contributed by atoms with Crippen molar-refractivity contribution >= 4 is 34.6 Å². The number of halogens is 1. The second kappa shape index (κ2) is 8.11. The maximum Gasteiger partial charge on any atom is 0.249 e. The van der Waals surface area contributed by atoms with Crippen LogP contribution in [0.5, 0.6) is 0 Å². The molecule has 2 N–H and O–H groups in total. The highest BCUT2D eigenvalue weighted by molar-refractivity contribution is 6.06. The lowest BCUT2D eigenvalue weighted by molar-refractivity contribution is -0.119. The van der Waals surface area contributed by atoms with Crippen molar-refractivity contribution in [1.29, 1.82) is 0 Å². The number of nitrogens with zero attached hydrogens (tertiary/aromatic N) is 4. The molecule has 0 saturated carbocycles. The summed E-state index contributed by atoms with van der Waals surface area (Å²) < 4.78 is 13.0. The number of aromatic nitrogens is 2. The highest BCUT2D eigenvalue weighted by atomic mass is 19.1. The molecule has 0 unspecified atom stereocenters. The molecule has 2 aromatic heterocycles. The second-order valence-corrected chi connectivity index (χ2v) is 8.25. The third-order valence-electron chi connectivity index (χ3n) is 6.08. The lowest BCUT2D eigenvalue weighted by Gasteiger charge is -2.38. The number of fused-ring (bicyclic) bond motifs is 3. The Morgan fingerprint density at radius 2 is 1.97 bits per heavy atom. The topological polar surface area (TPSA) is 73.4 Å². The fraction of sp³-hybridized carbons (Fsp3) is 0.292. The van der Waals surface area contributed by atoms with E-state index in [0.717, 1.165) is 53.5 Å². The number of anilines is 5. The quantitative estimate of drug-likeness (QED) is 0.629. The highest BCUT2D eigenvalue weighted by Crippen LogP contribution is 2.42. The zero-order chi connectivity index (χ0) is 22.2. The molecule has 0 aliphatic carbocycles. The van der Waals surface area contributed by atoms with Gasteiger partial charge in [-0.3, -0.25) is 4.79 Å². The predicted octanol–water partition coefficient (Wildman–Crippen LogP) is 4.23. The summed E-state index contributed by atoms with van der Waals surface area (Å²) in [6, 6.07) is 12.0.